The van der Waals surface area contributed by atoms with Crippen LogP contribution in [0.5, 0.6) is 23.0 Å². The molecule has 0 N–H and O–H groups in total. The summed E-state index contributed by atoms with van der Waals surface area (Å²) in [6.07, 6.45) is 6.87. The molecule has 1 unspecified atom stereocenters. The molecule has 0 amide bonds. The zero-order valence-electron chi connectivity index (χ0n) is 43.8. The average Bonchev–Trinajstić information content (AvgIpc) is 4.06. The quantitative estimate of drug-likeness (QED) is 0.112. The van der Waals surface area contributed by atoms with E-state index in [0.29, 0.717) is 35.5 Å². The number of hydrogen-bond acceptors (Lipinski definition) is 2. The molecule has 2 aliphatic carbocycles. The van der Waals surface area contributed by atoms with Gasteiger partial charge in [-0.1, -0.05) is 223 Å². The first-order valence-electron chi connectivity index (χ1n) is 26.9. The second-order valence-electron chi connectivity index (χ2n) is 19.9. The van der Waals surface area contributed by atoms with Gasteiger partial charge in [-0.3, -0.25) is 0 Å². The highest BCUT2D eigenvalue weighted by Gasteiger charge is 2.44. The maximum absolute atomic E-state index is 10.5. The van der Waals surface area contributed by atoms with Gasteiger partial charge in [-0.05, 0) is 92.6 Å². The summed E-state index contributed by atoms with van der Waals surface area (Å²) in [7, 11) is -3.30. The topological polar surface area (TPSA) is 18.5 Å². The minimum atomic E-state index is -3.30. The highest BCUT2D eigenvalue weighted by atomic mass is 28.3. The van der Waals surface area contributed by atoms with Crippen molar-refractivity contribution in [1.29, 1.82) is 0 Å². The number of ether oxygens (including phenoxy) is 2. The second kappa shape index (κ2) is 16.4. The fourth-order valence-electron chi connectivity index (χ4n) is 12.3. The molecule has 332 valence electrons. The Morgan fingerprint density at radius 3 is 1.28 bits per heavy atom. The number of hydrogen-bond donors (Lipinski definition) is 0. The SMILES string of the molecule is [2H]C1(c2cc([Si](c3ccccc3)(c3ccccc3)c3ccc(-c4cccc5c4Oc4ccccc4C5(C)C([2H])([2H])[2H])c(C4([2H])CCCC4)c3)ccc2-c2cccc3c2Oc2ccccc2C3(C)C)CCCC1. The summed E-state index contributed by atoms with van der Waals surface area (Å²) in [5, 5.41) is 4.77. The van der Waals surface area contributed by atoms with Crippen molar-refractivity contribution in [3.8, 4) is 45.3 Å². The minimum Gasteiger partial charge on any atom is -0.456 e. The predicted molar refractivity (Wildman–Crippen MR) is 281 cm³/mol. The summed E-state index contributed by atoms with van der Waals surface area (Å²) in [4.78, 5) is 0. The highest BCUT2D eigenvalue weighted by Crippen LogP contribution is 2.54. The summed E-state index contributed by atoms with van der Waals surface area (Å²) >= 11 is 0. The van der Waals surface area contributed by atoms with Crippen molar-refractivity contribution in [3.05, 3.63) is 215 Å². The van der Waals surface area contributed by atoms with Crippen LogP contribution < -0.4 is 30.2 Å². The molecule has 0 saturated heterocycles. The highest BCUT2D eigenvalue weighted by molar-refractivity contribution is 7.19. The molecule has 4 aliphatic rings. The van der Waals surface area contributed by atoms with E-state index in [1.165, 1.54) is 15.6 Å². The predicted octanol–water partition coefficient (Wildman–Crippen LogP) is 14.6. The van der Waals surface area contributed by atoms with Gasteiger partial charge in [-0.15, -0.1) is 0 Å². The molecular formula is C64H60O2Si. The third-order valence-electron chi connectivity index (χ3n) is 15.7. The van der Waals surface area contributed by atoms with Crippen LogP contribution in [0.4, 0.5) is 0 Å². The van der Waals surface area contributed by atoms with Gasteiger partial charge in [0.05, 0.1) is 0 Å². The molecule has 2 fully saturated rings. The van der Waals surface area contributed by atoms with E-state index in [1.807, 2.05) is 49.4 Å². The van der Waals surface area contributed by atoms with Gasteiger partial charge in [-0.25, -0.2) is 0 Å². The smallest absolute Gasteiger partial charge is 0.179 e. The van der Waals surface area contributed by atoms with Gasteiger partial charge >= 0.3 is 0 Å². The largest absolute Gasteiger partial charge is 0.456 e. The molecule has 2 saturated carbocycles. The molecule has 67 heavy (non-hydrogen) atoms. The lowest BCUT2D eigenvalue weighted by molar-refractivity contribution is 0.419. The summed E-state index contributed by atoms with van der Waals surface area (Å²) in [6.45, 7) is 4.01. The number of para-hydroxylation sites is 4. The van der Waals surface area contributed by atoms with Gasteiger partial charge in [0.25, 0.3) is 0 Å². The Hall–Kier alpha value is -6.42. The van der Waals surface area contributed by atoms with Crippen LogP contribution >= 0.6 is 0 Å². The first-order chi connectivity index (χ1) is 34.7. The number of fused-ring (bicyclic) bond motifs is 4. The van der Waals surface area contributed by atoms with E-state index in [4.69, 9.17) is 13.6 Å². The molecule has 0 bridgehead atoms. The van der Waals surface area contributed by atoms with Gasteiger partial charge in [0, 0.05) is 51.1 Å². The zero-order valence-corrected chi connectivity index (χ0v) is 39.8. The lowest BCUT2D eigenvalue weighted by atomic mass is 9.74. The van der Waals surface area contributed by atoms with Crippen molar-refractivity contribution >= 4 is 28.8 Å². The lowest BCUT2D eigenvalue weighted by Gasteiger charge is -2.37. The van der Waals surface area contributed by atoms with Crippen LogP contribution in [-0.2, 0) is 10.8 Å². The molecule has 12 rings (SSSR count). The fraction of sp³-hybridized carbons (Fsp3) is 0.250. The van der Waals surface area contributed by atoms with Crippen LogP contribution in [0.25, 0.3) is 22.3 Å². The van der Waals surface area contributed by atoms with Crippen LogP contribution in [0.1, 0.15) is 131 Å². The van der Waals surface area contributed by atoms with E-state index in [-0.39, 0.29) is 5.41 Å². The van der Waals surface area contributed by atoms with Crippen LogP contribution in [0.15, 0.2) is 182 Å². The molecule has 3 heteroatoms. The molecule has 8 aromatic carbocycles. The Kier molecular flexibility index (Phi) is 8.99. The summed E-state index contributed by atoms with van der Waals surface area (Å²) in [6, 6.07) is 64.2. The third kappa shape index (κ3) is 6.71. The molecular weight excluding hydrogens is 829 g/mol. The molecule has 8 aromatic rings. The van der Waals surface area contributed by atoms with Gasteiger partial charge in [0.15, 0.2) is 8.07 Å². The standard InChI is InChI=1S/C64H60O2Si/c1-63(2)55-31-15-17-35-59(55)65-61-51(29-19-33-57(61)63)49-39-37-47(41-53(49)43-21-11-12-22-43)67(45-25-7-5-8-26-45,46-27-9-6-10-28-46)48-38-40-50(54(42-48)44-23-13-14-24-44)52-30-20-34-58-62(52)66-60-36-18-16-32-56(60)64(58,3)4/h5-10,15-20,25-44H,11-14,21-24H2,1-4H3/i1D3,43D,44D. The van der Waals surface area contributed by atoms with Gasteiger partial charge in [0.1, 0.15) is 23.0 Å². The normalized spacial score (nSPS) is 20.8. The van der Waals surface area contributed by atoms with Crippen LogP contribution in [0, 0.1) is 0 Å². The van der Waals surface area contributed by atoms with Gasteiger partial charge in [0.2, 0.25) is 0 Å². The van der Waals surface area contributed by atoms with Crippen LogP contribution in [-0.4, -0.2) is 8.07 Å². The van der Waals surface area contributed by atoms with Crippen LogP contribution in [0.3, 0.4) is 0 Å². The van der Waals surface area contributed by atoms with E-state index in [1.54, 1.807) is 0 Å². The van der Waals surface area contributed by atoms with Crippen molar-refractivity contribution in [2.75, 3.05) is 0 Å². The monoisotopic (exact) mass is 893 g/mol. The number of benzene rings is 8. The van der Waals surface area contributed by atoms with E-state index in [0.717, 1.165) is 99.7 Å². The fourth-order valence-corrected chi connectivity index (χ4v) is 17.1. The van der Waals surface area contributed by atoms with Crippen molar-refractivity contribution in [3.63, 3.8) is 0 Å². The first-order valence-corrected chi connectivity index (χ1v) is 26.4. The Bertz CT molecular complexity index is 3350. The molecule has 2 aliphatic heterocycles. The van der Waals surface area contributed by atoms with Crippen molar-refractivity contribution < 1.29 is 16.3 Å². The average molecular weight is 894 g/mol. The van der Waals surface area contributed by atoms with Crippen molar-refractivity contribution in [1.82, 2.24) is 0 Å². The summed E-state index contributed by atoms with van der Waals surface area (Å²) < 4.78 is 61.6. The molecule has 1 atom stereocenters. The Morgan fingerprint density at radius 1 is 0.418 bits per heavy atom. The molecule has 2 heterocycles. The van der Waals surface area contributed by atoms with Crippen molar-refractivity contribution in [2.45, 2.75) is 102 Å². The van der Waals surface area contributed by atoms with E-state index >= 15 is 0 Å². The van der Waals surface area contributed by atoms with E-state index in [9.17, 15) is 2.74 Å². The van der Waals surface area contributed by atoms with Crippen molar-refractivity contribution in [2.24, 2.45) is 0 Å². The third-order valence-corrected chi connectivity index (χ3v) is 20.5. The molecule has 0 radical (unpaired) electrons. The Balaban J connectivity index is 1.12. The summed E-state index contributed by atoms with van der Waals surface area (Å²) in [5.41, 5.74) is 7.66. The maximum atomic E-state index is 10.5. The Labute approximate surface area is 405 Å². The lowest BCUT2D eigenvalue weighted by Crippen LogP contribution is -2.74. The number of rotatable bonds is 8. The van der Waals surface area contributed by atoms with Gasteiger partial charge in [-0.2, -0.15) is 0 Å². The minimum absolute atomic E-state index is 0.293. The summed E-state index contributed by atoms with van der Waals surface area (Å²) in [5.74, 6) is 1.09. The molecule has 2 nitrogen and oxygen atoms in total. The van der Waals surface area contributed by atoms with E-state index < -0.39 is 32.1 Å². The molecule has 0 aromatic heterocycles. The molecule has 0 spiro atoms. The Morgan fingerprint density at radius 2 is 0.821 bits per heavy atom. The van der Waals surface area contributed by atoms with Gasteiger partial charge < -0.3 is 9.47 Å². The van der Waals surface area contributed by atoms with E-state index in [2.05, 4.69) is 153 Å². The maximum Gasteiger partial charge on any atom is 0.179 e. The second-order valence-corrected chi connectivity index (χ2v) is 23.7. The zero-order chi connectivity index (χ0) is 49.7. The first kappa shape index (κ1) is 36.7. The van der Waals surface area contributed by atoms with Crippen LogP contribution in [0.2, 0.25) is 0 Å².